The standard InChI is InChI=1S/C17H22ClN5O2S/c1-10-20-14(19)8-15(21-10)23-5-4-6-25-9-12(23)11-7-13(26-16(11)18)17(24)22(2)3/h7-8,12H,4-6,9H2,1-3H3,(H2,19,20,21). The van der Waals surface area contributed by atoms with Crippen LogP contribution in [-0.2, 0) is 4.74 Å². The SMILES string of the molecule is Cc1nc(N)cc(N2CCCOCC2c2cc(C(=O)N(C)C)sc2Cl)n1. The van der Waals surface area contributed by atoms with Gasteiger partial charge in [0.05, 0.1) is 21.9 Å². The van der Waals surface area contributed by atoms with Crippen LogP contribution in [0.3, 0.4) is 0 Å². The highest BCUT2D eigenvalue weighted by atomic mass is 35.5. The molecular formula is C17H22ClN5O2S. The highest BCUT2D eigenvalue weighted by Crippen LogP contribution is 2.38. The zero-order valence-corrected chi connectivity index (χ0v) is 16.6. The maximum absolute atomic E-state index is 12.3. The summed E-state index contributed by atoms with van der Waals surface area (Å²) in [4.78, 5) is 25.3. The van der Waals surface area contributed by atoms with Crippen molar-refractivity contribution in [2.24, 2.45) is 0 Å². The number of ether oxygens (including phenoxy) is 1. The van der Waals surface area contributed by atoms with E-state index >= 15 is 0 Å². The summed E-state index contributed by atoms with van der Waals surface area (Å²) < 4.78 is 6.37. The predicted molar refractivity (Wildman–Crippen MR) is 104 cm³/mol. The van der Waals surface area contributed by atoms with Crippen molar-refractivity contribution in [2.75, 3.05) is 44.5 Å². The lowest BCUT2D eigenvalue weighted by Crippen LogP contribution is -2.31. The van der Waals surface area contributed by atoms with Gasteiger partial charge in [0.1, 0.15) is 17.5 Å². The first-order valence-corrected chi connectivity index (χ1v) is 9.52. The zero-order valence-electron chi connectivity index (χ0n) is 15.0. The molecule has 0 saturated carbocycles. The largest absolute Gasteiger partial charge is 0.384 e. The normalized spacial score (nSPS) is 17.8. The molecule has 0 aromatic carbocycles. The fourth-order valence-corrected chi connectivity index (χ4v) is 4.36. The van der Waals surface area contributed by atoms with Crippen LogP contribution in [-0.4, -0.2) is 54.6 Å². The minimum Gasteiger partial charge on any atom is -0.384 e. The van der Waals surface area contributed by atoms with E-state index in [-0.39, 0.29) is 11.9 Å². The number of aromatic nitrogens is 2. The molecule has 0 aliphatic carbocycles. The van der Waals surface area contributed by atoms with E-state index in [4.69, 9.17) is 22.1 Å². The highest BCUT2D eigenvalue weighted by Gasteiger charge is 2.29. The summed E-state index contributed by atoms with van der Waals surface area (Å²) in [5.41, 5.74) is 6.79. The first-order valence-electron chi connectivity index (χ1n) is 8.33. The van der Waals surface area contributed by atoms with Gasteiger partial charge in [0.25, 0.3) is 5.91 Å². The third-order valence-corrected chi connectivity index (χ3v) is 5.54. The maximum atomic E-state index is 12.3. The Hall–Kier alpha value is -1.90. The van der Waals surface area contributed by atoms with Crippen LogP contribution >= 0.6 is 22.9 Å². The number of thiophene rings is 1. The fourth-order valence-electron chi connectivity index (χ4n) is 2.97. The first-order chi connectivity index (χ1) is 12.4. The molecule has 26 heavy (non-hydrogen) atoms. The number of hydrogen-bond acceptors (Lipinski definition) is 7. The van der Waals surface area contributed by atoms with Crippen molar-refractivity contribution in [1.82, 2.24) is 14.9 Å². The van der Waals surface area contributed by atoms with Gasteiger partial charge < -0.3 is 20.3 Å². The van der Waals surface area contributed by atoms with Crippen LogP contribution in [0.15, 0.2) is 12.1 Å². The van der Waals surface area contributed by atoms with Crippen LogP contribution in [0, 0.1) is 6.92 Å². The Morgan fingerprint density at radius 1 is 1.42 bits per heavy atom. The Balaban J connectivity index is 2.01. The number of carbonyl (C=O) groups excluding carboxylic acids is 1. The molecule has 1 unspecified atom stereocenters. The van der Waals surface area contributed by atoms with Crippen molar-refractivity contribution in [2.45, 2.75) is 19.4 Å². The summed E-state index contributed by atoms with van der Waals surface area (Å²) in [7, 11) is 3.45. The number of anilines is 2. The molecular weight excluding hydrogens is 374 g/mol. The van der Waals surface area contributed by atoms with Crippen LogP contribution in [0.4, 0.5) is 11.6 Å². The van der Waals surface area contributed by atoms with Gasteiger partial charge in [-0.15, -0.1) is 11.3 Å². The van der Waals surface area contributed by atoms with Crippen molar-refractivity contribution < 1.29 is 9.53 Å². The Morgan fingerprint density at radius 3 is 2.88 bits per heavy atom. The Morgan fingerprint density at radius 2 is 2.19 bits per heavy atom. The van der Waals surface area contributed by atoms with Crippen LogP contribution in [0.1, 0.15) is 33.5 Å². The molecule has 3 heterocycles. The smallest absolute Gasteiger partial charge is 0.263 e. The molecule has 0 bridgehead atoms. The van der Waals surface area contributed by atoms with Crippen molar-refractivity contribution in [1.29, 1.82) is 0 Å². The van der Waals surface area contributed by atoms with Crippen LogP contribution < -0.4 is 10.6 Å². The molecule has 0 radical (unpaired) electrons. The van der Waals surface area contributed by atoms with Gasteiger partial charge in [0.15, 0.2) is 0 Å². The van der Waals surface area contributed by atoms with E-state index in [2.05, 4.69) is 14.9 Å². The second-order valence-electron chi connectivity index (χ2n) is 6.38. The van der Waals surface area contributed by atoms with Gasteiger partial charge in [0, 0.05) is 38.9 Å². The van der Waals surface area contributed by atoms with E-state index in [1.165, 1.54) is 11.3 Å². The molecule has 2 N–H and O–H groups in total. The van der Waals surface area contributed by atoms with E-state index in [0.717, 1.165) is 24.3 Å². The maximum Gasteiger partial charge on any atom is 0.263 e. The summed E-state index contributed by atoms with van der Waals surface area (Å²) in [6.45, 7) is 3.70. The van der Waals surface area contributed by atoms with Crippen LogP contribution in [0.25, 0.3) is 0 Å². The van der Waals surface area contributed by atoms with Crippen LogP contribution in [0.5, 0.6) is 0 Å². The molecule has 2 aromatic rings. The molecule has 1 aliphatic rings. The highest BCUT2D eigenvalue weighted by molar-refractivity contribution is 7.18. The molecule has 2 aromatic heterocycles. The lowest BCUT2D eigenvalue weighted by atomic mass is 10.1. The third-order valence-electron chi connectivity index (χ3n) is 4.17. The molecule has 140 valence electrons. The quantitative estimate of drug-likeness (QED) is 0.860. The molecule has 1 saturated heterocycles. The van der Waals surface area contributed by atoms with E-state index in [9.17, 15) is 4.79 Å². The fraction of sp³-hybridized carbons (Fsp3) is 0.471. The summed E-state index contributed by atoms with van der Waals surface area (Å²) in [5, 5.41) is 0. The molecule has 1 atom stereocenters. The van der Waals surface area contributed by atoms with Gasteiger partial charge in [-0.3, -0.25) is 4.79 Å². The lowest BCUT2D eigenvalue weighted by molar-refractivity contribution is 0.0832. The Kier molecular flexibility index (Phi) is 5.64. The number of nitrogens with two attached hydrogens (primary N) is 1. The number of hydrogen-bond donors (Lipinski definition) is 1. The molecule has 1 aliphatic heterocycles. The average molecular weight is 396 g/mol. The van der Waals surface area contributed by atoms with Crippen molar-refractivity contribution >= 4 is 40.5 Å². The topological polar surface area (TPSA) is 84.6 Å². The van der Waals surface area contributed by atoms with Gasteiger partial charge in [-0.25, -0.2) is 9.97 Å². The molecule has 9 heteroatoms. The minimum atomic E-state index is -0.140. The third kappa shape index (κ3) is 3.92. The summed E-state index contributed by atoms with van der Waals surface area (Å²) >= 11 is 7.79. The van der Waals surface area contributed by atoms with Gasteiger partial charge in [0.2, 0.25) is 0 Å². The number of nitrogens with zero attached hydrogens (tertiary/aromatic N) is 4. The number of carbonyl (C=O) groups is 1. The summed E-state index contributed by atoms with van der Waals surface area (Å²) in [6, 6.07) is 3.48. The van der Waals surface area contributed by atoms with Crippen molar-refractivity contribution in [3.8, 4) is 0 Å². The van der Waals surface area contributed by atoms with Gasteiger partial charge >= 0.3 is 0 Å². The van der Waals surface area contributed by atoms with Gasteiger partial charge in [-0.1, -0.05) is 11.6 Å². The first kappa shape index (κ1) is 18.9. The van der Waals surface area contributed by atoms with Crippen LogP contribution in [0.2, 0.25) is 4.34 Å². The predicted octanol–water partition coefficient (Wildman–Crippen LogP) is 2.75. The van der Waals surface area contributed by atoms with Crippen molar-refractivity contribution in [3.63, 3.8) is 0 Å². The number of nitrogen functional groups attached to an aromatic ring is 1. The number of amides is 1. The monoisotopic (exact) mass is 395 g/mol. The number of aryl methyl sites for hydroxylation is 1. The van der Waals surface area contributed by atoms with Gasteiger partial charge in [-0.2, -0.15) is 0 Å². The molecule has 3 rings (SSSR count). The summed E-state index contributed by atoms with van der Waals surface area (Å²) in [5.74, 6) is 1.72. The minimum absolute atomic E-state index is 0.0636. The van der Waals surface area contributed by atoms with E-state index in [1.54, 1.807) is 25.1 Å². The Labute approximate surface area is 161 Å². The number of rotatable bonds is 3. The molecule has 1 amide bonds. The lowest BCUT2D eigenvalue weighted by Gasteiger charge is -2.30. The van der Waals surface area contributed by atoms with Gasteiger partial charge in [-0.05, 0) is 19.4 Å². The second-order valence-corrected chi connectivity index (χ2v) is 8.03. The molecule has 1 fully saturated rings. The molecule has 0 spiro atoms. The van der Waals surface area contributed by atoms with E-state index in [0.29, 0.717) is 34.1 Å². The van der Waals surface area contributed by atoms with Crippen molar-refractivity contribution in [3.05, 3.63) is 32.7 Å². The van der Waals surface area contributed by atoms with E-state index in [1.807, 2.05) is 13.0 Å². The Bertz CT molecular complexity index is 790. The zero-order chi connectivity index (χ0) is 18.8. The van der Waals surface area contributed by atoms with E-state index < -0.39 is 0 Å². The summed E-state index contributed by atoms with van der Waals surface area (Å²) in [6.07, 6.45) is 0.866. The second kappa shape index (κ2) is 7.77. The number of halogens is 1. The average Bonchev–Trinajstić information content (AvgIpc) is 2.80. The molecule has 7 nitrogen and oxygen atoms in total.